The van der Waals surface area contributed by atoms with Gasteiger partial charge < -0.3 is 15.5 Å². The Morgan fingerprint density at radius 1 is 1.40 bits per heavy atom. The normalized spacial score (nSPS) is 20.1. The molecular formula is C16H25N3O. The maximum absolute atomic E-state index is 12.3. The largest absolute Gasteiger partial charge is 0.351 e. The van der Waals surface area contributed by atoms with Crippen LogP contribution in [0.5, 0.6) is 0 Å². The van der Waals surface area contributed by atoms with Crippen LogP contribution in [0.3, 0.4) is 0 Å². The van der Waals surface area contributed by atoms with Gasteiger partial charge in [-0.15, -0.1) is 0 Å². The fourth-order valence-corrected chi connectivity index (χ4v) is 2.70. The highest BCUT2D eigenvalue weighted by Crippen LogP contribution is 2.09. The topological polar surface area (TPSA) is 44.4 Å². The van der Waals surface area contributed by atoms with E-state index in [-0.39, 0.29) is 17.9 Å². The second kappa shape index (κ2) is 7.41. The second-order valence-electron chi connectivity index (χ2n) is 5.85. The average Bonchev–Trinajstić information content (AvgIpc) is 2.93. The molecule has 1 aromatic carbocycles. The Morgan fingerprint density at radius 2 is 2.15 bits per heavy atom. The van der Waals surface area contributed by atoms with E-state index in [1.807, 2.05) is 32.3 Å². The van der Waals surface area contributed by atoms with Crippen molar-refractivity contribution in [1.82, 2.24) is 15.5 Å². The van der Waals surface area contributed by atoms with Crippen LogP contribution >= 0.6 is 0 Å². The molecule has 110 valence electrons. The van der Waals surface area contributed by atoms with Gasteiger partial charge in [0.05, 0.1) is 5.92 Å². The highest BCUT2D eigenvalue weighted by molar-refractivity contribution is 5.79. The van der Waals surface area contributed by atoms with E-state index in [2.05, 4.69) is 27.7 Å². The number of hydrogen-bond acceptors (Lipinski definition) is 3. The molecule has 1 fully saturated rings. The lowest BCUT2D eigenvalue weighted by Gasteiger charge is -2.24. The molecule has 0 spiro atoms. The Labute approximate surface area is 121 Å². The number of nitrogens with one attached hydrogen (secondary N) is 2. The fraction of sp³-hybridized carbons (Fsp3) is 0.562. The highest BCUT2D eigenvalue weighted by atomic mass is 16.2. The standard InChI is InChI=1S/C16H25N3O/c1-19(2)12-15(10-13-6-4-3-5-7-13)18-16(20)14-8-9-17-11-14/h3-7,14-15,17H,8-12H2,1-2H3,(H,18,20). The van der Waals surface area contributed by atoms with Crippen molar-refractivity contribution >= 4 is 5.91 Å². The van der Waals surface area contributed by atoms with Crippen LogP contribution in [0.2, 0.25) is 0 Å². The summed E-state index contributed by atoms with van der Waals surface area (Å²) in [6.07, 6.45) is 1.83. The molecule has 1 amide bonds. The van der Waals surface area contributed by atoms with Crippen LogP contribution in [0.25, 0.3) is 0 Å². The van der Waals surface area contributed by atoms with Gasteiger partial charge >= 0.3 is 0 Å². The van der Waals surface area contributed by atoms with Gasteiger partial charge in [0.1, 0.15) is 0 Å². The fourth-order valence-electron chi connectivity index (χ4n) is 2.70. The third-order valence-corrected chi connectivity index (χ3v) is 3.69. The van der Waals surface area contributed by atoms with Gasteiger partial charge in [0.2, 0.25) is 5.91 Å². The second-order valence-corrected chi connectivity index (χ2v) is 5.85. The van der Waals surface area contributed by atoms with Crippen LogP contribution in [0.4, 0.5) is 0 Å². The monoisotopic (exact) mass is 275 g/mol. The van der Waals surface area contributed by atoms with Crippen LogP contribution in [-0.2, 0) is 11.2 Å². The summed E-state index contributed by atoms with van der Waals surface area (Å²) in [6.45, 7) is 2.63. The lowest BCUT2D eigenvalue weighted by molar-refractivity contribution is -0.125. The Bertz CT molecular complexity index is 413. The first-order valence-corrected chi connectivity index (χ1v) is 7.35. The first-order chi connectivity index (χ1) is 9.65. The zero-order valence-electron chi connectivity index (χ0n) is 12.4. The number of amides is 1. The molecule has 2 unspecified atom stereocenters. The Morgan fingerprint density at radius 3 is 2.75 bits per heavy atom. The van der Waals surface area contributed by atoms with Crippen molar-refractivity contribution in [2.75, 3.05) is 33.7 Å². The smallest absolute Gasteiger partial charge is 0.224 e. The summed E-state index contributed by atoms with van der Waals surface area (Å²) in [4.78, 5) is 14.4. The minimum absolute atomic E-state index is 0.135. The van der Waals surface area contributed by atoms with Gasteiger partial charge in [-0.1, -0.05) is 30.3 Å². The van der Waals surface area contributed by atoms with E-state index in [9.17, 15) is 4.79 Å². The van der Waals surface area contributed by atoms with Crippen LogP contribution in [0.15, 0.2) is 30.3 Å². The zero-order chi connectivity index (χ0) is 14.4. The van der Waals surface area contributed by atoms with Crippen LogP contribution in [0, 0.1) is 5.92 Å². The summed E-state index contributed by atoms with van der Waals surface area (Å²) in [7, 11) is 4.09. The number of nitrogens with zero attached hydrogens (tertiary/aromatic N) is 1. The number of carbonyl (C=O) groups excluding carboxylic acids is 1. The summed E-state index contributed by atoms with van der Waals surface area (Å²) >= 11 is 0. The minimum atomic E-state index is 0.135. The first kappa shape index (κ1) is 15.0. The predicted octanol–water partition coefficient (Wildman–Crippen LogP) is 0.885. The lowest BCUT2D eigenvalue weighted by Crippen LogP contribution is -2.45. The third-order valence-electron chi connectivity index (χ3n) is 3.69. The van der Waals surface area contributed by atoms with E-state index in [1.165, 1.54) is 5.56 Å². The molecule has 2 N–H and O–H groups in total. The summed E-state index contributed by atoms with van der Waals surface area (Å²) in [5.74, 6) is 0.327. The molecule has 0 aromatic heterocycles. The van der Waals surface area contributed by atoms with Gasteiger partial charge in [-0.2, -0.15) is 0 Å². The van der Waals surface area contributed by atoms with E-state index < -0.39 is 0 Å². The number of hydrogen-bond donors (Lipinski definition) is 2. The molecule has 20 heavy (non-hydrogen) atoms. The summed E-state index contributed by atoms with van der Waals surface area (Å²) in [6, 6.07) is 10.5. The van der Waals surface area contributed by atoms with Crippen LogP contribution in [-0.4, -0.2) is 50.6 Å². The molecule has 0 saturated carbocycles. The summed E-state index contributed by atoms with van der Waals surface area (Å²) in [5.41, 5.74) is 1.27. The predicted molar refractivity (Wildman–Crippen MR) is 81.6 cm³/mol. The molecule has 0 radical (unpaired) electrons. The van der Waals surface area contributed by atoms with E-state index in [0.717, 1.165) is 32.5 Å². The summed E-state index contributed by atoms with van der Waals surface area (Å²) in [5, 5.41) is 6.46. The SMILES string of the molecule is CN(C)CC(Cc1ccccc1)NC(=O)C1CCNC1. The first-order valence-electron chi connectivity index (χ1n) is 7.35. The molecule has 0 aliphatic carbocycles. The van der Waals surface area contributed by atoms with E-state index in [4.69, 9.17) is 0 Å². The molecule has 2 atom stereocenters. The van der Waals surface area contributed by atoms with Crippen molar-refractivity contribution in [2.24, 2.45) is 5.92 Å². The van der Waals surface area contributed by atoms with Crippen molar-refractivity contribution < 1.29 is 4.79 Å². The molecule has 1 aliphatic rings. The van der Waals surface area contributed by atoms with Crippen LogP contribution in [0.1, 0.15) is 12.0 Å². The van der Waals surface area contributed by atoms with Gasteiger partial charge in [0.25, 0.3) is 0 Å². The molecule has 1 aliphatic heterocycles. The maximum Gasteiger partial charge on any atom is 0.224 e. The highest BCUT2D eigenvalue weighted by Gasteiger charge is 2.24. The maximum atomic E-state index is 12.3. The van der Waals surface area contributed by atoms with Gasteiger partial charge in [-0.05, 0) is 39.0 Å². The molecule has 1 saturated heterocycles. The molecule has 1 heterocycles. The summed E-state index contributed by atoms with van der Waals surface area (Å²) < 4.78 is 0. The van der Waals surface area contributed by atoms with Crippen molar-refractivity contribution in [3.8, 4) is 0 Å². The van der Waals surface area contributed by atoms with E-state index in [1.54, 1.807) is 0 Å². The molecule has 4 nitrogen and oxygen atoms in total. The Kier molecular flexibility index (Phi) is 5.56. The Hall–Kier alpha value is -1.39. The molecule has 1 aromatic rings. The minimum Gasteiger partial charge on any atom is -0.351 e. The van der Waals surface area contributed by atoms with Gasteiger partial charge in [-0.25, -0.2) is 0 Å². The van der Waals surface area contributed by atoms with E-state index in [0.29, 0.717) is 0 Å². The molecular weight excluding hydrogens is 250 g/mol. The third kappa shape index (κ3) is 4.62. The van der Waals surface area contributed by atoms with Gasteiger partial charge in [-0.3, -0.25) is 4.79 Å². The lowest BCUT2D eigenvalue weighted by atomic mass is 10.0. The molecule has 0 bridgehead atoms. The van der Waals surface area contributed by atoms with E-state index >= 15 is 0 Å². The zero-order valence-corrected chi connectivity index (χ0v) is 12.4. The van der Waals surface area contributed by atoms with Crippen molar-refractivity contribution in [1.29, 1.82) is 0 Å². The number of likely N-dealkylation sites (N-methyl/N-ethyl adjacent to an activating group) is 1. The quantitative estimate of drug-likeness (QED) is 0.810. The van der Waals surface area contributed by atoms with Crippen molar-refractivity contribution in [3.63, 3.8) is 0 Å². The van der Waals surface area contributed by atoms with Gasteiger partial charge in [0.15, 0.2) is 0 Å². The number of carbonyl (C=O) groups is 1. The van der Waals surface area contributed by atoms with Crippen molar-refractivity contribution in [3.05, 3.63) is 35.9 Å². The van der Waals surface area contributed by atoms with Gasteiger partial charge in [0, 0.05) is 19.1 Å². The Balaban J connectivity index is 1.94. The van der Waals surface area contributed by atoms with Crippen LogP contribution < -0.4 is 10.6 Å². The number of benzene rings is 1. The average molecular weight is 275 g/mol. The number of rotatable bonds is 6. The molecule has 4 heteroatoms. The van der Waals surface area contributed by atoms with Crippen molar-refractivity contribution in [2.45, 2.75) is 18.9 Å². The molecule has 2 rings (SSSR count).